The third kappa shape index (κ3) is 6.56. The van der Waals surface area contributed by atoms with E-state index in [2.05, 4.69) is 70.4 Å². The van der Waals surface area contributed by atoms with Crippen LogP contribution >= 0.6 is 0 Å². The second kappa shape index (κ2) is 17.5. The van der Waals surface area contributed by atoms with Gasteiger partial charge < -0.3 is 18.6 Å². The maximum Gasteiger partial charge on any atom is 0.201 e. The molecule has 9 aromatic carbocycles. The molecule has 12 rings (SSSR count). The maximum atomic E-state index is 10.5. The van der Waals surface area contributed by atoms with Gasteiger partial charge in [-0.3, -0.25) is 0 Å². The van der Waals surface area contributed by atoms with Crippen molar-refractivity contribution in [2.24, 2.45) is 0 Å². The third-order valence-electron chi connectivity index (χ3n) is 13.7. The van der Waals surface area contributed by atoms with Crippen LogP contribution in [0.1, 0.15) is 16.7 Å². The number of nitrogens with zero attached hydrogens (tertiary/aromatic N) is 13. The second-order valence-corrected chi connectivity index (χ2v) is 17.6. The number of fused-ring (bicyclic) bond motifs is 9. The molecule has 0 N–H and O–H groups in total. The minimum absolute atomic E-state index is 0.166. The number of hydrogen-bond donors (Lipinski definition) is 0. The van der Waals surface area contributed by atoms with E-state index in [0.29, 0.717) is 17.1 Å². The van der Waals surface area contributed by atoms with Gasteiger partial charge in [0.1, 0.15) is 0 Å². The van der Waals surface area contributed by atoms with Gasteiger partial charge in [-0.15, -0.1) is 0 Å². The van der Waals surface area contributed by atoms with Gasteiger partial charge >= 0.3 is 0 Å². The molecule has 0 spiro atoms. The summed E-state index contributed by atoms with van der Waals surface area (Å²) in [4.78, 5) is 24.5. The first kappa shape index (κ1) is 44.8. The van der Waals surface area contributed by atoms with Crippen LogP contribution < -0.4 is 4.90 Å². The molecular weight excluding hydrogens is 939 g/mol. The van der Waals surface area contributed by atoms with E-state index in [1.54, 1.807) is 0 Å². The molecule has 0 radical (unpaired) electrons. The SMILES string of the molecule is [C-]#[N+]c1cc(C#N)c(-n2c3ccccc3c3cc(N(c4ccc5c(c4)c4ccccc4n5-c4c(C#N)cc([N+]#[C-])cc4[N+]#[C-])c4ccc5c(c4)c4ccccc4n5-c4c([N+]#[C-])cc(C#N)cc4[N+]#[C-])ccc32)c([N+]#[C-])c1. The van der Waals surface area contributed by atoms with Crippen LogP contribution in [0.5, 0.6) is 0 Å². The van der Waals surface area contributed by atoms with E-state index in [4.69, 9.17) is 39.4 Å². The molecule has 0 unspecified atom stereocenters. The van der Waals surface area contributed by atoms with E-state index in [0.717, 1.165) is 82.5 Å². The van der Waals surface area contributed by atoms with Crippen molar-refractivity contribution in [2.45, 2.75) is 0 Å². The van der Waals surface area contributed by atoms with Crippen molar-refractivity contribution in [1.29, 1.82) is 15.8 Å². The van der Waals surface area contributed by atoms with Crippen LogP contribution in [0.25, 0.3) is 112 Å². The Kier molecular flexibility index (Phi) is 10.3. The van der Waals surface area contributed by atoms with Crippen molar-refractivity contribution >= 4 is 117 Å². The standard InChI is InChI=1S/C63H27N13/c1-67-40-27-38(35-65)61(53(29-40)71-5)74-55-16-10-7-13-45(55)48-31-42(19-22-58(48)74)73(43-20-23-59-49(32-43)46-14-8-11-17-56(46)75(59)62-39(36-66)28-41(68-2)30-54(62)72-6)44-21-24-60-50(33-44)47-15-9-12-18-57(47)76(60)63-51(69-3)25-37(34-64)26-52(63)70-4/h7-33H. The fraction of sp³-hybridized carbons (Fsp3) is 0. The summed E-state index contributed by atoms with van der Waals surface area (Å²) >= 11 is 0. The zero-order chi connectivity index (χ0) is 52.4. The fourth-order valence-corrected chi connectivity index (χ4v) is 10.7. The van der Waals surface area contributed by atoms with Gasteiger partial charge in [-0.25, -0.2) is 29.1 Å². The molecule has 3 aromatic heterocycles. The largest absolute Gasteiger partial charge is 0.329 e. The molecule has 0 aliphatic carbocycles. The van der Waals surface area contributed by atoms with Crippen LogP contribution in [0.3, 0.4) is 0 Å². The van der Waals surface area contributed by atoms with Crippen molar-refractivity contribution in [3.8, 4) is 35.3 Å². The summed E-state index contributed by atoms with van der Waals surface area (Å²) in [5.74, 6) is 0. The average Bonchev–Trinajstić information content (AvgIpc) is 4.10. The highest BCUT2D eigenvalue weighted by molar-refractivity contribution is 6.15. The molecule has 76 heavy (non-hydrogen) atoms. The normalized spacial score (nSPS) is 10.8. The van der Waals surface area contributed by atoms with Gasteiger partial charge in [-0.05, 0) is 109 Å². The van der Waals surface area contributed by atoms with Gasteiger partial charge in [-0.1, -0.05) is 54.6 Å². The predicted molar refractivity (Wildman–Crippen MR) is 296 cm³/mol. The predicted octanol–water partition coefficient (Wildman–Crippen LogP) is 17.4. The Bertz CT molecular complexity index is 4410. The number of aromatic nitrogens is 3. The van der Waals surface area contributed by atoms with Gasteiger partial charge in [0.2, 0.25) is 22.7 Å². The van der Waals surface area contributed by atoms with Crippen LogP contribution in [0, 0.1) is 73.4 Å². The number of rotatable bonds is 6. The smallest absolute Gasteiger partial charge is 0.201 e. The molecular formula is C63H27N13. The average molecular weight is 966 g/mol. The number of anilines is 3. The van der Waals surface area contributed by atoms with E-state index >= 15 is 0 Å². The molecule has 0 amide bonds. The lowest BCUT2D eigenvalue weighted by molar-refractivity contribution is 1.17. The van der Waals surface area contributed by atoms with Gasteiger partial charge in [-0.2, -0.15) is 15.8 Å². The Balaban J connectivity index is 1.16. The zero-order valence-corrected chi connectivity index (χ0v) is 39.4. The maximum absolute atomic E-state index is 10.5. The molecule has 0 fully saturated rings. The van der Waals surface area contributed by atoms with Crippen molar-refractivity contribution in [3.63, 3.8) is 0 Å². The van der Waals surface area contributed by atoms with E-state index in [1.165, 1.54) is 36.4 Å². The fourth-order valence-electron chi connectivity index (χ4n) is 10.7. The lowest BCUT2D eigenvalue weighted by Crippen LogP contribution is -2.10. The van der Waals surface area contributed by atoms with Gasteiger partial charge in [0, 0.05) is 54.9 Å². The molecule has 0 aliphatic heterocycles. The summed E-state index contributed by atoms with van der Waals surface area (Å²) in [5.41, 5.74) is 9.41. The van der Waals surface area contributed by atoms with Gasteiger partial charge in [0.25, 0.3) is 0 Å². The first-order chi connectivity index (χ1) is 37.3. The van der Waals surface area contributed by atoms with Crippen LogP contribution in [-0.4, -0.2) is 13.7 Å². The summed E-state index contributed by atoms with van der Waals surface area (Å²) in [5, 5.41) is 35.8. The van der Waals surface area contributed by atoms with E-state index in [-0.39, 0.29) is 50.8 Å². The Hall–Kier alpha value is -12.4. The summed E-state index contributed by atoms with van der Waals surface area (Å²) in [6.07, 6.45) is 0. The lowest BCUT2D eigenvalue weighted by atomic mass is 10.1. The zero-order valence-electron chi connectivity index (χ0n) is 39.4. The minimum atomic E-state index is 0.166. The first-order valence-corrected chi connectivity index (χ1v) is 23.2. The quantitative estimate of drug-likeness (QED) is 0.154. The highest BCUT2D eigenvalue weighted by atomic mass is 15.1. The number of nitriles is 3. The van der Waals surface area contributed by atoms with Crippen molar-refractivity contribution in [3.05, 3.63) is 249 Å². The highest BCUT2D eigenvalue weighted by Gasteiger charge is 2.26. The molecule has 12 aromatic rings. The second-order valence-electron chi connectivity index (χ2n) is 17.6. The topological polar surface area (TPSA) is 116 Å². The molecule has 0 atom stereocenters. The third-order valence-corrected chi connectivity index (χ3v) is 13.7. The molecule has 0 saturated heterocycles. The molecule has 0 aliphatic rings. The monoisotopic (exact) mass is 965 g/mol. The molecule has 0 saturated carbocycles. The summed E-state index contributed by atoms with van der Waals surface area (Å²) in [7, 11) is 0. The molecule has 13 heteroatoms. The van der Waals surface area contributed by atoms with Crippen molar-refractivity contribution in [2.75, 3.05) is 4.90 Å². The number of para-hydroxylation sites is 3. The van der Waals surface area contributed by atoms with Crippen molar-refractivity contribution in [1.82, 2.24) is 13.7 Å². The lowest BCUT2D eigenvalue weighted by Gasteiger charge is -2.26. The van der Waals surface area contributed by atoms with E-state index in [9.17, 15) is 15.8 Å². The Labute approximate surface area is 433 Å². The first-order valence-electron chi connectivity index (χ1n) is 23.2. The van der Waals surface area contributed by atoms with E-state index in [1.807, 2.05) is 123 Å². The van der Waals surface area contributed by atoms with E-state index < -0.39 is 0 Å². The van der Waals surface area contributed by atoms with Crippen LogP contribution in [0.2, 0.25) is 0 Å². The van der Waals surface area contributed by atoms with Gasteiger partial charge in [0.15, 0.2) is 11.4 Å². The summed E-state index contributed by atoms with van der Waals surface area (Å²) in [6.45, 7) is 48.0. The van der Waals surface area contributed by atoms with Gasteiger partial charge in [0.05, 0.1) is 119 Å². The molecule has 3 heterocycles. The summed E-state index contributed by atoms with van der Waals surface area (Å²) < 4.78 is 5.74. The Morgan fingerprint density at radius 1 is 0.329 bits per heavy atom. The molecule has 0 bridgehead atoms. The van der Waals surface area contributed by atoms with Crippen LogP contribution in [0.4, 0.5) is 51.2 Å². The summed E-state index contributed by atoms with van der Waals surface area (Å²) in [6, 6.07) is 57.0. The van der Waals surface area contributed by atoms with Crippen LogP contribution in [-0.2, 0) is 0 Å². The molecule has 13 nitrogen and oxygen atoms in total. The number of hydrogen-bond acceptors (Lipinski definition) is 4. The number of benzene rings is 9. The van der Waals surface area contributed by atoms with Crippen molar-refractivity contribution < 1.29 is 0 Å². The Morgan fingerprint density at radius 2 is 0.658 bits per heavy atom. The Morgan fingerprint density at radius 3 is 0.987 bits per heavy atom. The molecule has 344 valence electrons. The van der Waals surface area contributed by atoms with Crippen LogP contribution in [0.15, 0.2) is 164 Å². The highest BCUT2D eigenvalue weighted by Crippen LogP contribution is 2.48. The minimum Gasteiger partial charge on any atom is -0.329 e.